The number of rotatable bonds is 5. The number of fused-ring (bicyclic) bond motifs is 1. The van der Waals surface area contributed by atoms with E-state index in [1.54, 1.807) is 19.4 Å². The highest BCUT2D eigenvalue weighted by Crippen LogP contribution is 2.21. The predicted molar refractivity (Wildman–Crippen MR) is 97.8 cm³/mol. The lowest BCUT2D eigenvalue weighted by Crippen LogP contribution is -2.40. The Bertz CT molecular complexity index is 1030. The number of aromatic nitrogens is 3. The van der Waals surface area contributed by atoms with E-state index in [1.807, 2.05) is 24.3 Å². The Morgan fingerprint density at radius 3 is 2.47 bits per heavy atom. The zero-order valence-corrected chi connectivity index (χ0v) is 16.3. The number of hydrogen-bond donors (Lipinski definition) is 1. The summed E-state index contributed by atoms with van der Waals surface area (Å²) in [6.45, 7) is 3.94. The van der Waals surface area contributed by atoms with Crippen LogP contribution in [0, 0.1) is 5.21 Å². The van der Waals surface area contributed by atoms with Crippen molar-refractivity contribution in [2.75, 3.05) is 7.11 Å². The van der Waals surface area contributed by atoms with Crippen LogP contribution in [0.5, 0.6) is 5.75 Å². The van der Waals surface area contributed by atoms with Crippen molar-refractivity contribution in [3.63, 3.8) is 0 Å². The average molecular weight is 426 g/mol. The van der Waals surface area contributed by atoms with Gasteiger partial charge >= 0.3 is 6.18 Å². The average Bonchev–Trinajstić information content (AvgIpc) is 2.99. The molecule has 3 rings (SSSR count). The summed E-state index contributed by atoms with van der Waals surface area (Å²) in [5.41, 5.74) is 9.10. The number of ether oxygens (including phenoxy) is 1. The van der Waals surface area contributed by atoms with E-state index in [9.17, 15) is 18.4 Å². The molecule has 0 bridgehead atoms. The molecule has 8 nitrogen and oxygen atoms in total. The lowest BCUT2D eigenvalue weighted by Gasteiger charge is -2.03. The monoisotopic (exact) mass is 426 g/mol. The van der Waals surface area contributed by atoms with Crippen LogP contribution in [0.15, 0.2) is 42.7 Å². The van der Waals surface area contributed by atoms with Crippen LogP contribution >= 0.6 is 0 Å². The van der Waals surface area contributed by atoms with E-state index < -0.39 is 12.1 Å². The van der Waals surface area contributed by atoms with Gasteiger partial charge in [0, 0.05) is 12.1 Å². The van der Waals surface area contributed by atoms with Gasteiger partial charge in [0.25, 0.3) is 5.82 Å². The van der Waals surface area contributed by atoms with E-state index >= 15 is 0 Å². The van der Waals surface area contributed by atoms with Crippen LogP contribution in [0.3, 0.4) is 0 Å². The molecule has 0 amide bonds. The van der Waals surface area contributed by atoms with E-state index in [-0.39, 0.29) is 0 Å². The third-order valence-corrected chi connectivity index (χ3v) is 4.29. The summed E-state index contributed by atoms with van der Waals surface area (Å²) in [6, 6.07) is 9.70. The molecule has 0 aliphatic heterocycles. The van der Waals surface area contributed by atoms with E-state index in [1.165, 1.54) is 6.20 Å². The Hall–Kier alpha value is -3.34. The van der Waals surface area contributed by atoms with E-state index in [0.717, 1.165) is 39.4 Å². The largest absolute Gasteiger partial charge is 0.619 e. The summed E-state index contributed by atoms with van der Waals surface area (Å²) in [5.74, 6) is -1.16. The van der Waals surface area contributed by atoms with Gasteiger partial charge in [0.15, 0.2) is 23.4 Å². The van der Waals surface area contributed by atoms with Crippen LogP contribution in [-0.2, 0) is 24.4 Å². The number of carbonyl (C=O) groups excluding carboxylic acids is 1. The fraction of sp³-hybridized carbons (Fsp3) is 0.316. The molecule has 162 valence electrons. The van der Waals surface area contributed by atoms with Crippen LogP contribution in [0.1, 0.15) is 18.3 Å². The molecule has 0 unspecified atom stereocenters. The normalized spacial score (nSPS) is 11.1. The Labute approximate surface area is 170 Å². The molecule has 3 aromatic rings. The van der Waals surface area contributed by atoms with Crippen molar-refractivity contribution >= 4 is 17.0 Å². The number of carboxylic acid groups (broad SMARTS) is 1. The summed E-state index contributed by atoms with van der Waals surface area (Å²) >= 11 is 0. The Morgan fingerprint density at radius 1 is 1.30 bits per heavy atom. The number of carboxylic acids is 1. The molecule has 0 atom stereocenters. The topological polar surface area (TPSA) is 111 Å². The van der Waals surface area contributed by atoms with Crippen molar-refractivity contribution < 1.29 is 37.1 Å². The number of methoxy groups -OCH3 is 1. The quantitative estimate of drug-likeness (QED) is 0.469. The van der Waals surface area contributed by atoms with Crippen molar-refractivity contribution in [3.05, 3.63) is 59.3 Å². The number of halogens is 3. The minimum Gasteiger partial charge on any atom is -0.619 e. The molecule has 2 heterocycles. The third kappa shape index (κ3) is 5.17. The number of nitrogens with two attached hydrogens (primary N) is 1. The fourth-order valence-corrected chi connectivity index (χ4v) is 3.03. The molecular weight excluding hydrogens is 405 g/mol. The van der Waals surface area contributed by atoms with Gasteiger partial charge in [0.05, 0.1) is 25.8 Å². The molecule has 30 heavy (non-hydrogen) atoms. The second kappa shape index (κ2) is 9.44. The zero-order chi connectivity index (χ0) is 22.5. The minimum absolute atomic E-state index is 0.426. The molecule has 11 heteroatoms. The minimum atomic E-state index is -5.19. The molecule has 0 saturated carbocycles. The molecule has 0 radical (unpaired) electrons. The van der Waals surface area contributed by atoms with Gasteiger partial charge in [-0.15, -0.1) is 0 Å². The fourth-order valence-electron chi connectivity index (χ4n) is 3.03. The molecule has 0 saturated heterocycles. The molecule has 0 spiro atoms. The third-order valence-electron chi connectivity index (χ3n) is 4.29. The number of benzene rings is 1. The van der Waals surface area contributed by atoms with Gasteiger partial charge in [-0.2, -0.15) is 17.9 Å². The first-order valence-electron chi connectivity index (χ1n) is 8.87. The van der Waals surface area contributed by atoms with Crippen LogP contribution in [-0.4, -0.2) is 23.8 Å². The van der Waals surface area contributed by atoms with Gasteiger partial charge in [-0.05, 0) is 25.1 Å². The Morgan fingerprint density at radius 2 is 1.97 bits per heavy atom. The van der Waals surface area contributed by atoms with Crippen LogP contribution in [0.25, 0.3) is 11.0 Å². The van der Waals surface area contributed by atoms with Gasteiger partial charge < -0.3 is 25.6 Å². The van der Waals surface area contributed by atoms with Gasteiger partial charge in [-0.3, -0.25) is 0 Å². The SMILES string of the molecule is CCn1c(CN)[n+](Cc2ccc[n+]([O-])c2)c2ccc(OC)cc21.O=C([O-])C(F)(F)F. The van der Waals surface area contributed by atoms with Crippen molar-refractivity contribution in [1.82, 2.24) is 4.57 Å². The van der Waals surface area contributed by atoms with E-state index in [0.29, 0.717) is 13.1 Å². The number of aliphatic carboxylic acids is 1. The molecule has 2 N–H and O–H groups in total. The van der Waals surface area contributed by atoms with E-state index in [2.05, 4.69) is 16.1 Å². The second-order valence-electron chi connectivity index (χ2n) is 6.16. The first-order chi connectivity index (χ1) is 14.1. The van der Waals surface area contributed by atoms with Gasteiger partial charge in [-0.25, -0.2) is 9.13 Å². The lowest BCUT2D eigenvalue weighted by atomic mass is 10.2. The van der Waals surface area contributed by atoms with Crippen molar-refractivity contribution in [3.8, 4) is 5.75 Å². The van der Waals surface area contributed by atoms with Gasteiger partial charge in [-0.1, -0.05) is 0 Å². The van der Waals surface area contributed by atoms with Crippen molar-refractivity contribution in [1.29, 1.82) is 0 Å². The molecular formula is C19H21F3N4O4. The smallest absolute Gasteiger partial charge is 0.430 e. The van der Waals surface area contributed by atoms with Crippen LogP contribution < -0.4 is 24.9 Å². The highest BCUT2D eigenvalue weighted by molar-refractivity contribution is 5.74. The summed E-state index contributed by atoms with van der Waals surface area (Å²) in [7, 11) is 1.66. The number of aryl methyl sites for hydroxylation is 1. The molecule has 0 fully saturated rings. The Kier molecular flexibility index (Phi) is 7.22. The summed E-state index contributed by atoms with van der Waals surface area (Å²) in [6.07, 6.45) is -2.12. The van der Waals surface area contributed by atoms with Gasteiger partial charge in [0.2, 0.25) is 0 Å². The first kappa shape index (κ1) is 22.9. The predicted octanol–water partition coefficient (Wildman–Crippen LogP) is 0.396. The second-order valence-corrected chi connectivity index (χ2v) is 6.16. The zero-order valence-electron chi connectivity index (χ0n) is 16.3. The number of imidazole rings is 1. The number of nitrogens with zero attached hydrogens (tertiary/aromatic N) is 3. The molecule has 1 aromatic carbocycles. The molecule has 0 aliphatic carbocycles. The molecule has 2 aromatic heterocycles. The highest BCUT2D eigenvalue weighted by atomic mass is 19.4. The summed E-state index contributed by atoms with van der Waals surface area (Å²) in [5, 5.41) is 20.3. The van der Waals surface area contributed by atoms with Crippen LogP contribution in [0.4, 0.5) is 13.2 Å². The van der Waals surface area contributed by atoms with E-state index in [4.69, 9.17) is 20.4 Å². The summed E-state index contributed by atoms with van der Waals surface area (Å²) in [4.78, 5) is 8.78. The number of carbonyl (C=O) groups is 1. The van der Waals surface area contributed by atoms with Crippen molar-refractivity contribution in [2.45, 2.75) is 32.7 Å². The first-order valence-corrected chi connectivity index (χ1v) is 8.87. The van der Waals surface area contributed by atoms with Gasteiger partial charge in [0.1, 0.15) is 18.3 Å². The number of hydrogen-bond acceptors (Lipinski definition) is 5. The standard InChI is InChI=1S/C17H21N4O2.C2HF3O2/c1-3-20-16-9-14(23-2)6-7-15(16)21(17(20)10-18)12-13-5-4-8-19(22)11-13;3-2(4,5)1(6)7/h4-9,11H,3,10,12,18H2,1-2H3;(H,6,7)/q+1;/p-1. The number of alkyl halides is 3. The lowest BCUT2D eigenvalue weighted by molar-refractivity contribution is -0.673. The maximum Gasteiger partial charge on any atom is 0.430 e. The maximum absolute atomic E-state index is 11.5. The number of pyridine rings is 1. The Balaban J connectivity index is 0.000000396. The maximum atomic E-state index is 11.5. The summed E-state index contributed by atoms with van der Waals surface area (Å²) < 4.78 is 42.1. The molecule has 0 aliphatic rings. The van der Waals surface area contributed by atoms with Crippen molar-refractivity contribution in [2.24, 2.45) is 5.73 Å². The highest BCUT2D eigenvalue weighted by Gasteiger charge is 2.29. The van der Waals surface area contributed by atoms with Crippen LogP contribution in [0.2, 0.25) is 0 Å².